The van der Waals surface area contributed by atoms with Crippen LogP contribution in [0, 0.1) is 34.5 Å². The third kappa shape index (κ3) is 2.65. The predicted octanol–water partition coefficient (Wildman–Crippen LogP) is 3.96. The number of carbonyl (C=O) groups excluding carboxylic acids is 1. The van der Waals surface area contributed by atoms with Gasteiger partial charge >= 0.3 is 5.97 Å². The lowest BCUT2D eigenvalue weighted by Crippen LogP contribution is -2.65. The van der Waals surface area contributed by atoms with Crippen molar-refractivity contribution < 1.29 is 14.6 Å². The molecule has 4 rings (SSSR count). The molecule has 0 aromatic carbocycles. The van der Waals surface area contributed by atoms with Gasteiger partial charge in [-0.25, -0.2) is 4.79 Å². The Balaban J connectivity index is 1.92. The topological polar surface area (TPSA) is 46.5 Å². The van der Waals surface area contributed by atoms with Crippen molar-refractivity contribution in [1.29, 1.82) is 0 Å². The van der Waals surface area contributed by atoms with Gasteiger partial charge in [-0.05, 0) is 69.6 Å². The Labute approximate surface area is 140 Å². The minimum atomic E-state index is -0.687. The van der Waals surface area contributed by atoms with Gasteiger partial charge in [0.15, 0.2) is 0 Å². The Morgan fingerprint density at radius 3 is 2.26 bits per heavy atom. The highest BCUT2D eigenvalue weighted by atomic mass is 16.5. The summed E-state index contributed by atoms with van der Waals surface area (Å²) in [6.07, 6.45) is 7.43. The summed E-state index contributed by atoms with van der Waals surface area (Å²) in [5.41, 5.74) is -0.851. The van der Waals surface area contributed by atoms with Crippen molar-refractivity contribution in [2.24, 2.45) is 34.5 Å². The van der Waals surface area contributed by atoms with Gasteiger partial charge < -0.3 is 9.84 Å². The van der Waals surface area contributed by atoms with E-state index in [9.17, 15) is 9.90 Å². The van der Waals surface area contributed by atoms with Crippen LogP contribution in [0.2, 0.25) is 0 Å². The molecule has 0 spiro atoms. The molecule has 4 fully saturated rings. The Hall–Kier alpha value is -0.830. The first kappa shape index (κ1) is 17.0. The van der Waals surface area contributed by atoms with E-state index in [0.29, 0.717) is 18.4 Å². The molecule has 4 aliphatic carbocycles. The van der Waals surface area contributed by atoms with Crippen molar-refractivity contribution in [3.05, 3.63) is 12.7 Å². The van der Waals surface area contributed by atoms with Crippen molar-refractivity contribution in [3.63, 3.8) is 0 Å². The standard InChI is InChI=1S/C20H32O3/c1-6-16(21)23-12-18(2,3)17-15-8-13-7-14(9-15)11-20(17,10-13)19(4,5)22/h6,13-15,17,22H,1,7-12H2,2-5H3. The molecule has 4 aliphatic rings. The van der Waals surface area contributed by atoms with E-state index in [-0.39, 0.29) is 16.8 Å². The molecular weight excluding hydrogens is 288 g/mol. The van der Waals surface area contributed by atoms with Gasteiger partial charge in [0.05, 0.1) is 12.2 Å². The van der Waals surface area contributed by atoms with E-state index < -0.39 is 5.60 Å². The number of aliphatic hydroxyl groups is 1. The van der Waals surface area contributed by atoms with Gasteiger partial charge in [-0.1, -0.05) is 20.4 Å². The number of hydrogen-bond donors (Lipinski definition) is 1. The highest BCUT2D eigenvalue weighted by Gasteiger charge is 2.65. The van der Waals surface area contributed by atoms with Gasteiger partial charge in [-0.3, -0.25) is 0 Å². The van der Waals surface area contributed by atoms with E-state index in [1.54, 1.807) is 0 Å². The minimum Gasteiger partial charge on any atom is -0.462 e. The van der Waals surface area contributed by atoms with Crippen molar-refractivity contribution >= 4 is 5.97 Å². The fourth-order valence-corrected chi connectivity index (χ4v) is 6.71. The smallest absolute Gasteiger partial charge is 0.330 e. The second-order valence-corrected chi connectivity index (χ2v) is 9.60. The Morgan fingerprint density at radius 2 is 1.78 bits per heavy atom. The fourth-order valence-electron chi connectivity index (χ4n) is 6.71. The summed E-state index contributed by atoms with van der Waals surface area (Å²) in [7, 11) is 0. The lowest BCUT2D eigenvalue weighted by molar-refractivity contribution is -0.235. The predicted molar refractivity (Wildman–Crippen MR) is 90.7 cm³/mol. The van der Waals surface area contributed by atoms with Crippen molar-refractivity contribution in [1.82, 2.24) is 0 Å². The van der Waals surface area contributed by atoms with Gasteiger partial charge in [-0.2, -0.15) is 0 Å². The van der Waals surface area contributed by atoms with E-state index in [1.165, 1.54) is 25.3 Å². The lowest BCUT2D eigenvalue weighted by atomic mass is 9.38. The molecule has 0 aromatic heterocycles. The third-order valence-electron chi connectivity index (χ3n) is 7.12. The Bertz CT molecular complexity index is 486. The maximum absolute atomic E-state index is 11.5. The van der Waals surface area contributed by atoms with Crippen LogP contribution >= 0.6 is 0 Å². The fraction of sp³-hybridized carbons (Fsp3) is 0.850. The van der Waals surface area contributed by atoms with E-state index in [4.69, 9.17) is 4.74 Å². The van der Waals surface area contributed by atoms with Gasteiger partial charge in [0.2, 0.25) is 0 Å². The first-order valence-corrected chi connectivity index (χ1v) is 9.10. The zero-order valence-corrected chi connectivity index (χ0v) is 15.1. The third-order valence-corrected chi connectivity index (χ3v) is 7.12. The van der Waals surface area contributed by atoms with Crippen LogP contribution in [0.15, 0.2) is 12.7 Å². The van der Waals surface area contributed by atoms with E-state index in [2.05, 4.69) is 20.4 Å². The van der Waals surface area contributed by atoms with Crippen LogP contribution in [0.25, 0.3) is 0 Å². The summed E-state index contributed by atoms with van der Waals surface area (Å²) in [6.45, 7) is 12.3. The summed E-state index contributed by atoms with van der Waals surface area (Å²) < 4.78 is 5.43. The van der Waals surface area contributed by atoms with Crippen molar-refractivity contribution in [2.45, 2.75) is 65.4 Å². The molecule has 0 aliphatic heterocycles. The summed E-state index contributed by atoms with van der Waals surface area (Å²) >= 11 is 0. The van der Waals surface area contributed by atoms with Gasteiger partial charge in [0.25, 0.3) is 0 Å². The average molecular weight is 320 g/mol. The van der Waals surface area contributed by atoms with Crippen LogP contribution in [-0.2, 0) is 9.53 Å². The van der Waals surface area contributed by atoms with E-state index >= 15 is 0 Å². The first-order chi connectivity index (χ1) is 10.6. The second kappa shape index (κ2) is 5.34. The van der Waals surface area contributed by atoms with Crippen LogP contribution < -0.4 is 0 Å². The molecular formula is C20H32O3. The Morgan fingerprint density at radius 1 is 1.22 bits per heavy atom. The lowest BCUT2D eigenvalue weighted by Gasteiger charge is -2.68. The molecule has 0 aromatic rings. The van der Waals surface area contributed by atoms with Crippen molar-refractivity contribution in [3.8, 4) is 0 Å². The summed E-state index contributed by atoms with van der Waals surface area (Å²) in [5, 5.41) is 11.1. The maximum Gasteiger partial charge on any atom is 0.330 e. The van der Waals surface area contributed by atoms with Crippen LogP contribution in [0.4, 0.5) is 0 Å². The van der Waals surface area contributed by atoms with Gasteiger partial charge in [0, 0.05) is 16.9 Å². The zero-order valence-electron chi connectivity index (χ0n) is 15.1. The number of carbonyl (C=O) groups is 1. The van der Waals surface area contributed by atoms with Crippen molar-refractivity contribution in [2.75, 3.05) is 6.61 Å². The van der Waals surface area contributed by atoms with Crippen LogP contribution in [-0.4, -0.2) is 23.3 Å². The SMILES string of the molecule is C=CC(=O)OCC(C)(C)C1C2CC3CC(C2)CC1(C(C)(C)O)C3. The number of ether oxygens (including phenoxy) is 1. The quantitative estimate of drug-likeness (QED) is 0.616. The zero-order chi connectivity index (χ0) is 17.0. The minimum absolute atomic E-state index is 0.0359. The Kier molecular flexibility index (Phi) is 3.95. The summed E-state index contributed by atoms with van der Waals surface area (Å²) in [5.74, 6) is 2.27. The van der Waals surface area contributed by atoms with Gasteiger partial charge in [0.1, 0.15) is 0 Å². The molecule has 0 radical (unpaired) electrons. The summed E-state index contributed by atoms with van der Waals surface area (Å²) in [6, 6.07) is 0. The molecule has 130 valence electrons. The molecule has 4 bridgehead atoms. The van der Waals surface area contributed by atoms with Gasteiger partial charge in [-0.15, -0.1) is 0 Å². The maximum atomic E-state index is 11.5. The van der Waals surface area contributed by atoms with Crippen LogP contribution in [0.1, 0.15) is 59.8 Å². The molecule has 3 unspecified atom stereocenters. The van der Waals surface area contributed by atoms with E-state index in [0.717, 1.165) is 24.7 Å². The molecule has 1 N–H and O–H groups in total. The van der Waals surface area contributed by atoms with E-state index in [1.807, 2.05) is 13.8 Å². The monoisotopic (exact) mass is 320 g/mol. The number of esters is 1. The van der Waals surface area contributed by atoms with Crippen LogP contribution in [0.3, 0.4) is 0 Å². The number of hydrogen-bond acceptors (Lipinski definition) is 3. The summed E-state index contributed by atoms with van der Waals surface area (Å²) in [4.78, 5) is 11.5. The molecule has 0 saturated heterocycles. The first-order valence-electron chi connectivity index (χ1n) is 9.10. The van der Waals surface area contributed by atoms with Crippen LogP contribution in [0.5, 0.6) is 0 Å². The largest absolute Gasteiger partial charge is 0.462 e. The highest BCUT2D eigenvalue weighted by Crippen LogP contribution is 2.69. The molecule has 23 heavy (non-hydrogen) atoms. The molecule has 3 atom stereocenters. The molecule has 3 nitrogen and oxygen atoms in total. The molecule has 3 heteroatoms. The normalized spacial score (nSPS) is 39.3. The molecule has 4 saturated carbocycles. The molecule has 0 amide bonds. The average Bonchev–Trinajstić information content (AvgIpc) is 2.42. The second-order valence-electron chi connectivity index (χ2n) is 9.60. The highest BCUT2D eigenvalue weighted by molar-refractivity contribution is 5.81. The number of rotatable bonds is 5. The molecule has 0 heterocycles.